The normalized spacial score (nSPS) is 17.7. The molecule has 1 saturated heterocycles. The van der Waals surface area contributed by atoms with Gasteiger partial charge in [-0.2, -0.15) is 0 Å². The first kappa shape index (κ1) is 18.1. The summed E-state index contributed by atoms with van der Waals surface area (Å²) in [5.41, 5.74) is 3.52. The SMILES string of the molecule is CCOc1ccc(-c2nc(CN3CCNCC3c3cccnc3)cs2)cc1. The fourth-order valence-electron chi connectivity index (χ4n) is 3.42. The van der Waals surface area contributed by atoms with E-state index in [2.05, 4.69) is 38.8 Å². The van der Waals surface area contributed by atoms with Crippen LogP contribution in [0.2, 0.25) is 0 Å². The summed E-state index contributed by atoms with van der Waals surface area (Å²) < 4.78 is 5.52. The van der Waals surface area contributed by atoms with Crippen LogP contribution in [0.5, 0.6) is 5.75 Å². The van der Waals surface area contributed by atoms with Gasteiger partial charge in [-0.25, -0.2) is 4.98 Å². The van der Waals surface area contributed by atoms with E-state index in [1.165, 1.54) is 5.56 Å². The maximum atomic E-state index is 5.52. The molecule has 0 saturated carbocycles. The van der Waals surface area contributed by atoms with Crippen LogP contribution in [0, 0.1) is 0 Å². The maximum Gasteiger partial charge on any atom is 0.123 e. The first-order chi connectivity index (χ1) is 13.3. The molecule has 6 heteroatoms. The highest BCUT2D eigenvalue weighted by Crippen LogP contribution is 2.28. The van der Waals surface area contributed by atoms with E-state index in [0.717, 1.165) is 48.2 Å². The molecule has 1 N–H and O–H groups in total. The zero-order valence-electron chi connectivity index (χ0n) is 15.5. The minimum Gasteiger partial charge on any atom is -0.494 e. The van der Waals surface area contributed by atoms with Crippen molar-refractivity contribution in [2.24, 2.45) is 0 Å². The lowest BCUT2D eigenvalue weighted by molar-refractivity contribution is 0.152. The third kappa shape index (κ3) is 4.35. The lowest BCUT2D eigenvalue weighted by Gasteiger charge is -2.35. The molecule has 0 amide bonds. The van der Waals surface area contributed by atoms with Gasteiger partial charge in [-0.05, 0) is 42.8 Å². The molecular weight excluding hydrogens is 356 g/mol. The summed E-state index contributed by atoms with van der Waals surface area (Å²) in [6, 6.07) is 12.7. The molecule has 5 nitrogen and oxygen atoms in total. The molecule has 0 bridgehead atoms. The number of nitrogens with one attached hydrogen (secondary N) is 1. The Morgan fingerprint density at radius 1 is 1.26 bits per heavy atom. The minimum atomic E-state index is 0.336. The zero-order chi connectivity index (χ0) is 18.5. The second-order valence-corrected chi connectivity index (χ2v) is 7.44. The molecule has 1 fully saturated rings. The van der Waals surface area contributed by atoms with Crippen molar-refractivity contribution in [2.45, 2.75) is 19.5 Å². The Bertz CT molecular complexity index is 850. The molecule has 2 aromatic heterocycles. The average Bonchev–Trinajstić information content (AvgIpc) is 3.18. The van der Waals surface area contributed by atoms with Crippen LogP contribution in [0.15, 0.2) is 54.2 Å². The predicted molar refractivity (Wildman–Crippen MR) is 109 cm³/mol. The Labute approximate surface area is 164 Å². The predicted octanol–water partition coefficient (Wildman–Crippen LogP) is 3.75. The number of thiazole rings is 1. The number of rotatable bonds is 6. The van der Waals surface area contributed by atoms with Gasteiger partial charge in [-0.3, -0.25) is 9.88 Å². The van der Waals surface area contributed by atoms with Crippen LogP contribution in [-0.4, -0.2) is 41.1 Å². The van der Waals surface area contributed by atoms with Crippen LogP contribution < -0.4 is 10.1 Å². The first-order valence-corrected chi connectivity index (χ1v) is 10.2. The molecule has 1 aliphatic heterocycles. The van der Waals surface area contributed by atoms with Crippen LogP contribution in [0.1, 0.15) is 24.2 Å². The Hall–Kier alpha value is -2.28. The van der Waals surface area contributed by atoms with E-state index in [4.69, 9.17) is 9.72 Å². The standard InChI is InChI=1S/C21H24N4OS/c1-2-26-19-7-5-16(6-8-19)21-24-18(15-27-21)14-25-11-10-23-13-20(25)17-4-3-9-22-12-17/h3-9,12,15,20,23H,2,10-11,13-14H2,1H3. The van der Waals surface area contributed by atoms with Gasteiger partial charge in [0.2, 0.25) is 0 Å². The number of piperazine rings is 1. The maximum absolute atomic E-state index is 5.52. The van der Waals surface area contributed by atoms with Gasteiger partial charge in [0.15, 0.2) is 0 Å². The van der Waals surface area contributed by atoms with Crippen LogP contribution in [0.25, 0.3) is 10.6 Å². The highest BCUT2D eigenvalue weighted by Gasteiger charge is 2.24. The number of nitrogens with zero attached hydrogens (tertiary/aromatic N) is 3. The smallest absolute Gasteiger partial charge is 0.123 e. The molecule has 27 heavy (non-hydrogen) atoms. The average molecular weight is 381 g/mol. The number of pyridine rings is 1. The fraction of sp³-hybridized carbons (Fsp3) is 0.333. The lowest BCUT2D eigenvalue weighted by atomic mass is 10.1. The zero-order valence-corrected chi connectivity index (χ0v) is 16.3. The molecule has 1 aromatic carbocycles. The van der Waals surface area contributed by atoms with E-state index in [-0.39, 0.29) is 0 Å². The summed E-state index contributed by atoms with van der Waals surface area (Å²) in [6.07, 6.45) is 3.80. The van der Waals surface area contributed by atoms with Gasteiger partial charge in [-0.15, -0.1) is 11.3 Å². The third-order valence-electron chi connectivity index (χ3n) is 4.75. The van der Waals surface area contributed by atoms with Gasteiger partial charge in [0.1, 0.15) is 10.8 Å². The Kier molecular flexibility index (Phi) is 5.77. The number of aromatic nitrogens is 2. The monoisotopic (exact) mass is 380 g/mol. The van der Waals surface area contributed by atoms with Crippen molar-refractivity contribution in [1.29, 1.82) is 0 Å². The quantitative estimate of drug-likeness (QED) is 0.706. The molecule has 3 aromatic rings. The van der Waals surface area contributed by atoms with Crippen molar-refractivity contribution in [3.05, 3.63) is 65.4 Å². The summed E-state index contributed by atoms with van der Waals surface area (Å²) in [4.78, 5) is 11.7. The van der Waals surface area contributed by atoms with Crippen LogP contribution in [0.3, 0.4) is 0 Å². The van der Waals surface area contributed by atoms with Crippen molar-refractivity contribution in [1.82, 2.24) is 20.2 Å². The van der Waals surface area contributed by atoms with E-state index in [0.29, 0.717) is 12.6 Å². The third-order valence-corrected chi connectivity index (χ3v) is 5.69. The number of ether oxygens (including phenoxy) is 1. The Morgan fingerprint density at radius 3 is 2.93 bits per heavy atom. The lowest BCUT2D eigenvalue weighted by Crippen LogP contribution is -2.45. The van der Waals surface area contributed by atoms with E-state index >= 15 is 0 Å². The summed E-state index contributed by atoms with van der Waals surface area (Å²) >= 11 is 1.70. The molecule has 0 spiro atoms. The topological polar surface area (TPSA) is 50.3 Å². The summed E-state index contributed by atoms with van der Waals surface area (Å²) in [5.74, 6) is 0.901. The molecule has 1 atom stereocenters. The van der Waals surface area contributed by atoms with Gasteiger partial charge in [0, 0.05) is 55.6 Å². The van der Waals surface area contributed by atoms with Gasteiger partial charge < -0.3 is 10.1 Å². The van der Waals surface area contributed by atoms with Crippen molar-refractivity contribution in [3.8, 4) is 16.3 Å². The van der Waals surface area contributed by atoms with Crippen molar-refractivity contribution in [3.63, 3.8) is 0 Å². The molecule has 1 aliphatic rings. The Morgan fingerprint density at radius 2 is 2.15 bits per heavy atom. The second-order valence-electron chi connectivity index (χ2n) is 6.58. The van der Waals surface area contributed by atoms with E-state index < -0.39 is 0 Å². The van der Waals surface area contributed by atoms with Crippen molar-refractivity contribution >= 4 is 11.3 Å². The van der Waals surface area contributed by atoms with E-state index in [9.17, 15) is 0 Å². The molecule has 4 rings (SSSR count). The van der Waals surface area contributed by atoms with Gasteiger partial charge in [-0.1, -0.05) is 6.07 Å². The number of hydrogen-bond acceptors (Lipinski definition) is 6. The van der Waals surface area contributed by atoms with Crippen LogP contribution in [-0.2, 0) is 6.54 Å². The second kappa shape index (κ2) is 8.61. The molecule has 0 radical (unpaired) electrons. The molecule has 3 heterocycles. The highest BCUT2D eigenvalue weighted by molar-refractivity contribution is 7.13. The number of hydrogen-bond donors (Lipinski definition) is 1. The summed E-state index contributed by atoms with van der Waals surface area (Å²) in [6.45, 7) is 6.50. The van der Waals surface area contributed by atoms with Crippen LogP contribution >= 0.6 is 11.3 Å². The van der Waals surface area contributed by atoms with Gasteiger partial charge in [0.05, 0.1) is 12.3 Å². The Balaban J connectivity index is 1.48. The summed E-state index contributed by atoms with van der Waals surface area (Å²) in [7, 11) is 0. The number of benzene rings is 1. The molecular formula is C21H24N4OS. The fourth-order valence-corrected chi connectivity index (χ4v) is 4.24. The van der Waals surface area contributed by atoms with Crippen molar-refractivity contribution in [2.75, 3.05) is 26.2 Å². The highest BCUT2D eigenvalue weighted by atomic mass is 32.1. The van der Waals surface area contributed by atoms with Gasteiger partial charge >= 0.3 is 0 Å². The van der Waals surface area contributed by atoms with Crippen molar-refractivity contribution < 1.29 is 4.74 Å². The van der Waals surface area contributed by atoms with Crippen LogP contribution in [0.4, 0.5) is 0 Å². The first-order valence-electron chi connectivity index (χ1n) is 9.36. The molecule has 0 aliphatic carbocycles. The van der Waals surface area contributed by atoms with E-state index in [1.807, 2.05) is 37.5 Å². The van der Waals surface area contributed by atoms with E-state index in [1.54, 1.807) is 11.3 Å². The minimum absolute atomic E-state index is 0.336. The van der Waals surface area contributed by atoms with Gasteiger partial charge in [0.25, 0.3) is 0 Å². The summed E-state index contributed by atoms with van der Waals surface area (Å²) in [5, 5.41) is 6.73. The molecule has 140 valence electrons. The largest absolute Gasteiger partial charge is 0.494 e. The molecule has 1 unspecified atom stereocenters.